The van der Waals surface area contributed by atoms with Gasteiger partial charge >= 0.3 is 0 Å². The van der Waals surface area contributed by atoms with Crippen LogP contribution in [0.15, 0.2) is 41.3 Å². The third-order valence-corrected chi connectivity index (χ3v) is 3.09. The lowest BCUT2D eigenvalue weighted by Crippen LogP contribution is -2.18. The molecule has 0 unspecified atom stereocenters. The summed E-state index contributed by atoms with van der Waals surface area (Å²) in [6, 6.07) is 7.65. The molecule has 2 rings (SSSR count). The van der Waals surface area contributed by atoms with Crippen LogP contribution >= 0.6 is 11.6 Å². The molecule has 0 saturated heterocycles. The Kier molecular flexibility index (Phi) is 4.79. The molecule has 1 N–H and O–H groups in total. The Hall–Kier alpha value is -1.81. The van der Waals surface area contributed by atoms with Crippen LogP contribution in [0.2, 0.25) is 5.02 Å². The Morgan fingerprint density at radius 1 is 1.30 bits per heavy atom. The van der Waals surface area contributed by atoms with Gasteiger partial charge in [0.15, 0.2) is 0 Å². The van der Waals surface area contributed by atoms with E-state index in [2.05, 4.69) is 5.32 Å². The maximum Gasteiger partial charge on any atom is 0.250 e. The van der Waals surface area contributed by atoms with E-state index in [4.69, 9.17) is 11.6 Å². The molecule has 0 fully saturated rings. The average molecular weight is 295 g/mol. The highest BCUT2D eigenvalue weighted by atomic mass is 35.5. The van der Waals surface area contributed by atoms with Gasteiger partial charge < -0.3 is 9.88 Å². The van der Waals surface area contributed by atoms with E-state index in [1.807, 2.05) is 6.92 Å². The van der Waals surface area contributed by atoms with Crippen LogP contribution in [0.25, 0.3) is 0 Å². The lowest BCUT2D eigenvalue weighted by atomic mass is 10.2. The van der Waals surface area contributed by atoms with Crippen molar-refractivity contribution in [3.05, 3.63) is 63.3 Å². The SMILES string of the molecule is CCCn1cc(NCc2cc(F)cc(Cl)c2)ccc1=O. The van der Waals surface area contributed by atoms with Gasteiger partial charge in [0.1, 0.15) is 5.82 Å². The van der Waals surface area contributed by atoms with Crippen molar-refractivity contribution in [2.45, 2.75) is 26.4 Å². The van der Waals surface area contributed by atoms with E-state index in [-0.39, 0.29) is 11.4 Å². The molecule has 0 saturated carbocycles. The number of hydrogen-bond donors (Lipinski definition) is 1. The number of halogens is 2. The van der Waals surface area contributed by atoms with Crippen molar-refractivity contribution < 1.29 is 4.39 Å². The predicted octanol–water partition coefficient (Wildman–Crippen LogP) is 3.66. The molecule has 1 aromatic carbocycles. The van der Waals surface area contributed by atoms with Crippen molar-refractivity contribution in [2.75, 3.05) is 5.32 Å². The molecular formula is C15H16ClFN2O. The first kappa shape index (κ1) is 14.6. The highest BCUT2D eigenvalue weighted by Crippen LogP contribution is 2.15. The highest BCUT2D eigenvalue weighted by Gasteiger charge is 2.01. The van der Waals surface area contributed by atoms with E-state index in [1.54, 1.807) is 22.9 Å². The molecule has 0 radical (unpaired) electrons. The quantitative estimate of drug-likeness (QED) is 0.913. The van der Waals surface area contributed by atoms with Crippen molar-refractivity contribution in [3.8, 4) is 0 Å². The topological polar surface area (TPSA) is 34.0 Å². The molecule has 0 atom stereocenters. The van der Waals surface area contributed by atoms with Gasteiger partial charge in [-0.2, -0.15) is 0 Å². The first-order chi connectivity index (χ1) is 9.58. The highest BCUT2D eigenvalue weighted by molar-refractivity contribution is 6.30. The van der Waals surface area contributed by atoms with Crippen LogP contribution in [0, 0.1) is 5.82 Å². The van der Waals surface area contributed by atoms with Gasteiger partial charge in [-0.15, -0.1) is 0 Å². The molecule has 0 spiro atoms. The molecule has 0 aliphatic carbocycles. The van der Waals surface area contributed by atoms with Gasteiger partial charge in [0.05, 0.1) is 5.69 Å². The summed E-state index contributed by atoms with van der Waals surface area (Å²) < 4.78 is 14.9. The number of hydrogen-bond acceptors (Lipinski definition) is 2. The van der Waals surface area contributed by atoms with Crippen LogP contribution in [-0.4, -0.2) is 4.57 Å². The number of benzene rings is 1. The minimum Gasteiger partial charge on any atom is -0.380 e. The molecule has 5 heteroatoms. The van der Waals surface area contributed by atoms with Crippen molar-refractivity contribution in [2.24, 2.45) is 0 Å². The molecular weight excluding hydrogens is 279 g/mol. The number of rotatable bonds is 5. The summed E-state index contributed by atoms with van der Waals surface area (Å²) in [5, 5.41) is 3.53. The summed E-state index contributed by atoms with van der Waals surface area (Å²) in [6.45, 7) is 3.14. The van der Waals surface area contributed by atoms with E-state index in [1.165, 1.54) is 18.2 Å². The zero-order chi connectivity index (χ0) is 14.5. The van der Waals surface area contributed by atoms with Gasteiger partial charge in [0, 0.05) is 30.4 Å². The molecule has 0 bridgehead atoms. The molecule has 20 heavy (non-hydrogen) atoms. The number of pyridine rings is 1. The predicted molar refractivity (Wildman–Crippen MR) is 79.7 cm³/mol. The molecule has 0 aliphatic heterocycles. The summed E-state index contributed by atoms with van der Waals surface area (Å²) in [6.07, 6.45) is 2.66. The molecule has 0 aliphatic rings. The molecule has 0 amide bonds. The molecule has 2 aromatic rings. The summed E-state index contributed by atoms with van der Waals surface area (Å²) in [5.41, 5.74) is 1.55. The Morgan fingerprint density at radius 3 is 2.80 bits per heavy atom. The number of aromatic nitrogens is 1. The van der Waals surface area contributed by atoms with E-state index >= 15 is 0 Å². The van der Waals surface area contributed by atoms with Crippen molar-refractivity contribution in [1.29, 1.82) is 0 Å². The van der Waals surface area contributed by atoms with E-state index in [0.717, 1.165) is 17.7 Å². The first-order valence-corrected chi connectivity index (χ1v) is 6.85. The maximum absolute atomic E-state index is 13.2. The number of nitrogens with one attached hydrogen (secondary N) is 1. The van der Waals surface area contributed by atoms with Crippen LogP contribution in [0.1, 0.15) is 18.9 Å². The smallest absolute Gasteiger partial charge is 0.250 e. The number of aryl methyl sites for hydroxylation is 1. The summed E-state index contributed by atoms with van der Waals surface area (Å²) >= 11 is 5.81. The average Bonchev–Trinajstić information content (AvgIpc) is 2.39. The Bertz CT molecular complexity index is 634. The van der Waals surface area contributed by atoms with Crippen LogP contribution in [0.5, 0.6) is 0 Å². The fraction of sp³-hybridized carbons (Fsp3) is 0.267. The molecule has 1 heterocycles. The van der Waals surface area contributed by atoms with Gasteiger partial charge in [0.25, 0.3) is 5.56 Å². The lowest BCUT2D eigenvalue weighted by Gasteiger charge is -2.10. The monoisotopic (exact) mass is 294 g/mol. The van der Waals surface area contributed by atoms with Crippen LogP contribution in [-0.2, 0) is 13.1 Å². The van der Waals surface area contributed by atoms with Crippen LogP contribution < -0.4 is 10.9 Å². The zero-order valence-corrected chi connectivity index (χ0v) is 12.0. The second kappa shape index (κ2) is 6.57. The van der Waals surface area contributed by atoms with Gasteiger partial charge in [-0.1, -0.05) is 18.5 Å². The Balaban J connectivity index is 2.10. The Morgan fingerprint density at radius 2 is 2.10 bits per heavy atom. The zero-order valence-electron chi connectivity index (χ0n) is 11.2. The summed E-state index contributed by atoms with van der Waals surface area (Å²) in [5.74, 6) is -0.356. The van der Waals surface area contributed by atoms with Crippen LogP contribution in [0.3, 0.4) is 0 Å². The van der Waals surface area contributed by atoms with Gasteiger partial charge in [0.2, 0.25) is 0 Å². The standard InChI is InChI=1S/C15H16ClFN2O/c1-2-5-19-10-14(3-4-15(19)20)18-9-11-6-12(16)8-13(17)7-11/h3-4,6-8,10,18H,2,5,9H2,1H3. The van der Waals surface area contributed by atoms with E-state index in [9.17, 15) is 9.18 Å². The molecule has 1 aromatic heterocycles. The first-order valence-electron chi connectivity index (χ1n) is 6.48. The second-order valence-electron chi connectivity index (χ2n) is 4.58. The maximum atomic E-state index is 13.2. The van der Waals surface area contributed by atoms with E-state index < -0.39 is 0 Å². The van der Waals surface area contributed by atoms with Gasteiger partial charge in [-0.05, 0) is 36.2 Å². The van der Waals surface area contributed by atoms with Crippen molar-refractivity contribution >= 4 is 17.3 Å². The lowest BCUT2D eigenvalue weighted by molar-refractivity contribution is 0.626. The van der Waals surface area contributed by atoms with Crippen molar-refractivity contribution in [1.82, 2.24) is 4.57 Å². The largest absolute Gasteiger partial charge is 0.380 e. The van der Waals surface area contributed by atoms with Crippen LogP contribution in [0.4, 0.5) is 10.1 Å². The van der Waals surface area contributed by atoms with E-state index in [0.29, 0.717) is 18.1 Å². The summed E-state index contributed by atoms with van der Waals surface area (Å²) in [7, 11) is 0. The number of anilines is 1. The normalized spacial score (nSPS) is 10.6. The number of nitrogens with zero attached hydrogens (tertiary/aromatic N) is 1. The fourth-order valence-corrected chi connectivity index (χ4v) is 2.21. The third kappa shape index (κ3) is 3.84. The van der Waals surface area contributed by atoms with Gasteiger partial charge in [-0.3, -0.25) is 4.79 Å². The fourth-order valence-electron chi connectivity index (χ4n) is 1.97. The molecule has 3 nitrogen and oxygen atoms in total. The Labute approximate surface area is 122 Å². The molecule has 106 valence electrons. The minimum atomic E-state index is -0.356. The summed E-state index contributed by atoms with van der Waals surface area (Å²) in [4.78, 5) is 11.6. The van der Waals surface area contributed by atoms with Crippen molar-refractivity contribution in [3.63, 3.8) is 0 Å². The minimum absolute atomic E-state index is 0.0220. The van der Waals surface area contributed by atoms with Gasteiger partial charge in [-0.25, -0.2) is 4.39 Å². The second-order valence-corrected chi connectivity index (χ2v) is 5.02. The third-order valence-electron chi connectivity index (χ3n) is 2.87.